The standard InChI is InChI=1S/C23H22ClN3O3S/c1-13-4-6-16(8-14(13)2)26-22(29)12-31-23-18(11-25)17(10-21(28)27-23)15-5-7-20(30-3)19(24)9-15/h4-9,17H,10,12H2,1-3H3,(H,26,29)(H,27,28)/t17-/m1/s1. The lowest BCUT2D eigenvalue weighted by Gasteiger charge is -2.25. The number of ether oxygens (including phenoxy) is 1. The Morgan fingerprint density at radius 1 is 1.29 bits per heavy atom. The minimum atomic E-state index is -0.438. The summed E-state index contributed by atoms with van der Waals surface area (Å²) < 4.78 is 5.17. The molecule has 0 spiro atoms. The van der Waals surface area contributed by atoms with Crippen LogP contribution in [0.3, 0.4) is 0 Å². The number of allylic oxidation sites excluding steroid dienone is 1. The molecule has 0 saturated carbocycles. The lowest BCUT2D eigenvalue weighted by atomic mass is 9.87. The first kappa shape index (κ1) is 22.7. The molecule has 1 aliphatic heterocycles. The lowest BCUT2D eigenvalue weighted by molar-refractivity contribution is -0.121. The van der Waals surface area contributed by atoms with Crippen molar-refractivity contribution in [2.24, 2.45) is 0 Å². The molecule has 6 nitrogen and oxygen atoms in total. The van der Waals surface area contributed by atoms with Crippen LogP contribution in [0.2, 0.25) is 5.02 Å². The van der Waals surface area contributed by atoms with Gasteiger partial charge in [-0.15, -0.1) is 0 Å². The number of amides is 2. The number of carbonyl (C=O) groups excluding carboxylic acids is 2. The molecule has 2 aromatic carbocycles. The molecule has 8 heteroatoms. The molecular formula is C23H22ClN3O3S. The van der Waals surface area contributed by atoms with Gasteiger partial charge in [-0.1, -0.05) is 35.5 Å². The largest absolute Gasteiger partial charge is 0.495 e. The number of anilines is 1. The maximum atomic E-state index is 12.4. The number of nitriles is 1. The van der Waals surface area contributed by atoms with E-state index in [1.165, 1.54) is 7.11 Å². The summed E-state index contributed by atoms with van der Waals surface area (Å²) in [7, 11) is 1.52. The van der Waals surface area contributed by atoms with Gasteiger partial charge in [0.15, 0.2) is 0 Å². The number of aryl methyl sites for hydroxylation is 2. The van der Waals surface area contributed by atoms with E-state index in [1.54, 1.807) is 18.2 Å². The summed E-state index contributed by atoms with van der Waals surface area (Å²) in [6.07, 6.45) is 0.129. The Morgan fingerprint density at radius 2 is 2.06 bits per heavy atom. The average Bonchev–Trinajstić information content (AvgIpc) is 2.74. The van der Waals surface area contributed by atoms with Crippen LogP contribution in [0.25, 0.3) is 0 Å². The van der Waals surface area contributed by atoms with E-state index in [0.717, 1.165) is 28.5 Å². The first-order valence-electron chi connectivity index (χ1n) is 9.59. The van der Waals surface area contributed by atoms with Gasteiger partial charge in [0.2, 0.25) is 11.8 Å². The fraction of sp³-hybridized carbons (Fsp3) is 0.261. The molecule has 2 amide bonds. The van der Waals surface area contributed by atoms with E-state index >= 15 is 0 Å². The van der Waals surface area contributed by atoms with E-state index in [0.29, 0.717) is 27.1 Å². The van der Waals surface area contributed by atoms with E-state index in [4.69, 9.17) is 16.3 Å². The van der Waals surface area contributed by atoms with Crippen LogP contribution in [0.5, 0.6) is 5.75 Å². The van der Waals surface area contributed by atoms with Gasteiger partial charge in [-0.3, -0.25) is 9.59 Å². The van der Waals surface area contributed by atoms with Crippen molar-refractivity contribution in [2.45, 2.75) is 26.2 Å². The second-order valence-corrected chi connectivity index (χ2v) is 8.58. The predicted molar refractivity (Wildman–Crippen MR) is 123 cm³/mol. The zero-order chi connectivity index (χ0) is 22.5. The number of hydrogen-bond donors (Lipinski definition) is 2. The first-order valence-corrected chi connectivity index (χ1v) is 11.0. The second-order valence-electron chi connectivity index (χ2n) is 7.19. The predicted octanol–water partition coefficient (Wildman–Crippen LogP) is 4.68. The van der Waals surface area contributed by atoms with Gasteiger partial charge in [0.1, 0.15) is 5.75 Å². The van der Waals surface area contributed by atoms with Gasteiger partial charge in [-0.25, -0.2) is 0 Å². The molecule has 1 aliphatic rings. The highest BCUT2D eigenvalue weighted by Gasteiger charge is 2.30. The van der Waals surface area contributed by atoms with Gasteiger partial charge in [-0.2, -0.15) is 5.26 Å². The quantitative estimate of drug-likeness (QED) is 0.660. The van der Waals surface area contributed by atoms with Gasteiger partial charge < -0.3 is 15.4 Å². The number of rotatable bonds is 6. The smallest absolute Gasteiger partial charge is 0.234 e. The normalized spacial score (nSPS) is 15.8. The van der Waals surface area contributed by atoms with Crippen molar-refractivity contribution in [3.05, 3.63) is 68.7 Å². The molecule has 2 N–H and O–H groups in total. The maximum Gasteiger partial charge on any atom is 0.234 e. The van der Waals surface area contributed by atoms with E-state index in [9.17, 15) is 14.9 Å². The summed E-state index contributed by atoms with van der Waals surface area (Å²) in [5.41, 5.74) is 4.09. The van der Waals surface area contributed by atoms with Crippen LogP contribution < -0.4 is 15.4 Å². The molecule has 160 valence electrons. The molecule has 0 aliphatic carbocycles. The average molecular weight is 456 g/mol. The van der Waals surface area contributed by atoms with Crippen LogP contribution in [0.1, 0.15) is 29.0 Å². The molecule has 0 unspecified atom stereocenters. The van der Waals surface area contributed by atoms with Crippen LogP contribution in [-0.2, 0) is 9.59 Å². The SMILES string of the molecule is COc1ccc([C@H]2CC(=O)NC(SCC(=O)Nc3ccc(C)c(C)c3)=C2C#N)cc1Cl. The number of nitrogens with one attached hydrogen (secondary N) is 2. The van der Waals surface area contributed by atoms with Gasteiger partial charge in [-0.05, 0) is 54.8 Å². The van der Waals surface area contributed by atoms with Crippen molar-refractivity contribution in [3.8, 4) is 11.8 Å². The van der Waals surface area contributed by atoms with Gasteiger partial charge in [0.05, 0.1) is 34.6 Å². The van der Waals surface area contributed by atoms with Gasteiger partial charge in [0.25, 0.3) is 0 Å². The van der Waals surface area contributed by atoms with Crippen molar-refractivity contribution in [3.63, 3.8) is 0 Å². The van der Waals surface area contributed by atoms with Crippen LogP contribution in [0.15, 0.2) is 47.0 Å². The second kappa shape index (κ2) is 9.90. The molecule has 0 bridgehead atoms. The topological polar surface area (TPSA) is 91.2 Å². The third kappa shape index (κ3) is 5.40. The number of thioether (sulfide) groups is 1. The highest BCUT2D eigenvalue weighted by atomic mass is 35.5. The van der Waals surface area contributed by atoms with Crippen LogP contribution in [0, 0.1) is 25.2 Å². The number of carbonyl (C=O) groups is 2. The van der Waals surface area contributed by atoms with E-state index in [2.05, 4.69) is 16.7 Å². The third-order valence-corrected chi connectivity index (χ3v) is 6.39. The monoisotopic (exact) mass is 455 g/mol. The number of benzene rings is 2. The van der Waals surface area contributed by atoms with Crippen LogP contribution in [-0.4, -0.2) is 24.7 Å². The Hall–Kier alpha value is -2.95. The highest BCUT2D eigenvalue weighted by molar-refractivity contribution is 8.03. The Morgan fingerprint density at radius 3 is 2.71 bits per heavy atom. The number of nitrogens with zero attached hydrogens (tertiary/aromatic N) is 1. The highest BCUT2D eigenvalue weighted by Crippen LogP contribution is 2.38. The van der Waals surface area contributed by atoms with Crippen molar-refractivity contribution in [1.29, 1.82) is 5.26 Å². The molecule has 0 aromatic heterocycles. The van der Waals surface area contributed by atoms with Crippen molar-refractivity contribution < 1.29 is 14.3 Å². The molecule has 3 rings (SSSR count). The fourth-order valence-electron chi connectivity index (χ4n) is 3.27. The molecule has 1 heterocycles. The van der Waals surface area contributed by atoms with E-state index < -0.39 is 5.92 Å². The van der Waals surface area contributed by atoms with Crippen molar-refractivity contribution in [1.82, 2.24) is 5.32 Å². The van der Waals surface area contributed by atoms with E-state index in [-0.39, 0.29) is 24.0 Å². The minimum Gasteiger partial charge on any atom is -0.495 e. The summed E-state index contributed by atoms with van der Waals surface area (Å²) in [5.74, 6) is -0.294. The molecule has 0 radical (unpaired) electrons. The molecule has 31 heavy (non-hydrogen) atoms. The molecular weight excluding hydrogens is 434 g/mol. The first-order chi connectivity index (χ1) is 14.8. The molecule has 0 fully saturated rings. The Kier molecular flexibility index (Phi) is 7.26. The lowest BCUT2D eigenvalue weighted by Crippen LogP contribution is -2.31. The Balaban J connectivity index is 1.77. The number of hydrogen-bond acceptors (Lipinski definition) is 5. The van der Waals surface area contributed by atoms with Crippen molar-refractivity contribution >= 4 is 40.9 Å². The summed E-state index contributed by atoms with van der Waals surface area (Å²) in [6.45, 7) is 3.98. The zero-order valence-corrected chi connectivity index (χ0v) is 19.0. The molecule has 0 saturated heterocycles. The van der Waals surface area contributed by atoms with Crippen molar-refractivity contribution in [2.75, 3.05) is 18.2 Å². The Bertz CT molecular complexity index is 1110. The summed E-state index contributed by atoms with van der Waals surface area (Å²) in [4.78, 5) is 24.7. The van der Waals surface area contributed by atoms with Gasteiger partial charge in [0, 0.05) is 18.0 Å². The number of methoxy groups -OCH3 is 1. The third-order valence-electron chi connectivity index (χ3n) is 5.07. The fourth-order valence-corrected chi connectivity index (χ4v) is 4.41. The number of halogens is 1. The molecule has 1 atom stereocenters. The minimum absolute atomic E-state index is 0.0593. The van der Waals surface area contributed by atoms with Crippen LogP contribution >= 0.6 is 23.4 Å². The van der Waals surface area contributed by atoms with Crippen LogP contribution in [0.4, 0.5) is 5.69 Å². The Labute approximate surface area is 190 Å². The summed E-state index contributed by atoms with van der Waals surface area (Å²) in [6, 6.07) is 13.1. The summed E-state index contributed by atoms with van der Waals surface area (Å²) in [5, 5.41) is 16.2. The summed E-state index contributed by atoms with van der Waals surface area (Å²) >= 11 is 7.36. The molecule has 2 aromatic rings. The van der Waals surface area contributed by atoms with Gasteiger partial charge >= 0.3 is 0 Å². The van der Waals surface area contributed by atoms with E-state index in [1.807, 2.05) is 32.0 Å². The maximum absolute atomic E-state index is 12.4. The zero-order valence-electron chi connectivity index (χ0n) is 17.4.